The van der Waals surface area contributed by atoms with E-state index in [0.29, 0.717) is 24.9 Å². The number of piperazine rings is 1. The Bertz CT molecular complexity index is 715. The number of anilines is 1. The highest BCUT2D eigenvalue weighted by Gasteiger charge is 2.31. The minimum Gasteiger partial charge on any atom is -0.368 e. The Morgan fingerprint density at radius 2 is 1.80 bits per heavy atom. The van der Waals surface area contributed by atoms with Gasteiger partial charge in [0, 0.05) is 31.6 Å². The molecule has 1 aliphatic rings. The summed E-state index contributed by atoms with van der Waals surface area (Å²) in [4.78, 5) is 20.7. The third kappa shape index (κ3) is 3.82. The van der Waals surface area contributed by atoms with E-state index >= 15 is 0 Å². The van der Waals surface area contributed by atoms with Gasteiger partial charge in [-0.1, -0.05) is 51.1 Å². The van der Waals surface area contributed by atoms with E-state index in [1.807, 2.05) is 51.1 Å². The molecule has 1 fully saturated rings. The standard InChI is InChI=1S/C18H25N5O2/c1-18(2,3)16-20-17(21-25-16)23-11-9-22(10-12-23)14(15(19)24)13-7-5-4-6-8-13/h4-8,14H,9-12H2,1-3H3,(H2,19,24)/t14-/m0/s1. The summed E-state index contributed by atoms with van der Waals surface area (Å²) in [6.07, 6.45) is 0. The van der Waals surface area contributed by atoms with Gasteiger partial charge in [-0.05, 0) is 10.7 Å². The molecule has 7 heteroatoms. The number of nitrogens with zero attached hydrogens (tertiary/aromatic N) is 4. The summed E-state index contributed by atoms with van der Waals surface area (Å²) in [5.74, 6) is 0.915. The predicted molar refractivity (Wildman–Crippen MR) is 95.2 cm³/mol. The smallest absolute Gasteiger partial charge is 0.266 e. The SMILES string of the molecule is CC(C)(C)c1nc(N2CCN([C@H](C(N)=O)c3ccccc3)CC2)no1. The van der Waals surface area contributed by atoms with Crippen LogP contribution in [0.25, 0.3) is 0 Å². The Morgan fingerprint density at radius 3 is 2.32 bits per heavy atom. The molecule has 0 bridgehead atoms. The molecule has 1 aliphatic heterocycles. The van der Waals surface area contributed by atoms with Crippen LogP contribution >= 0.6 is 0 Å². The molecule has 1 amide bonds. The first-order valence-corrected chi connectivity index (χ1v) is 8.54. The van der Waals surface area contributed by atoms with Gasteiger partial charge >= 0.3 is 0 Å². The van der Waals surface area contributed by atoms with Gasteiger partial charge in [0.15, 0.2) is 0 Å². The molecule has 7 nitrogen and oxygen atoms in total. The van der Waals surface area contributed by atoms with E-state index in [1.165, 1.54) is 0 Å². The van der Waals surface area contributed by atoms with Crippen molar-refractivity contribution in [2.75, 3.05) is 31.1 Å². The summed E-state index contributed by atoms with van der Waals surface area (Å²) >= 11 is 0. The minimum absolute atomic E-state index is 0.169. The zero-order valence-corrected chi connectivity index (χ0v) is 15.0. The van der Waals surface area contributed by atoms with Crippen molar-refractivity contribution >= 4 is 11.9 Å². The van der Waals surface area contributed by atoms with Crippen molar-refractivity contribution in [1.82, 2.24) is 15.0 Å². The normalized spacial score (nSPS) is 17.5. The lowest BCUT2D eigenvalue weighted by atomic mass is 9.97. The highest BCUT2D eigenvalue weighted by Crippen LogP contribution is 2.25. The van der Waals surface area contributed by atoms with E-state index in [4.69, 9.17) is 10.3 Å². The number of carbonyl (C=O) groups excluding carboxylic acids is 1. The molecular formula is C18H25N5O2. The third-order valence-electron chi connectivity index (χ3n) is 4.40. The maximum absolute atomic E-state index is 12.0. The van der Waals surface area contributed by atoms with Gasteiger partial charge in [-0.2, -0.15) is 4.98 Å². The molecule has 0 spiro atoms. The fourth-order valence-electron chi connectivity index (χ4n) is 3.02. The average molecular weight is 343 g/mol. The van der Waals surface area contributed by atoms with Crippen molar-refractivity contribution in [3.63, 3.8) is 0 Å². The van der Waals surface area contributed by atoms with Gasteiger partial charge < -0.3 is 15.2 Å². The maximum atomic E-state index is 12.0. The molecule has 0 saturated carbocycles. The summed E-state index contributed by atoms with van der Waals surface area (Å²) in [7, 11) is 0. The number of primary amides is 1. The van der Waals surface area contributed by atoms with Crippen molar-refractivity contribution in [2.45, 2.75) is 32.2 Å². The van der Waals surface area contributed by atoms with Crippen LogP contribution in [0.5, 0.6) is 0 Å². The lowest BCUT2D eigenvalue weighted by Gasteiger charge is -2.37. The number of aromatic nitrogens is 2. The van der Waals surface area contributed by atoms with Crippen LogP contribution in [0.2, 0.25) is 0 Å². The van der Waals surface area contributed by atoms with E-state index in [9.17, 15) is 4.79 Å². The first-order chi connectivity index (χ1) is 11.9. The second-order valence-corrected chi connectivity index (χ2v) is 7.39. The summed E-state index contributed by atoms with van der Waals surface area (Å²) in [5, 5.41) is 4.10. The minimum atomic E-state index is -0.404. The van der Waals surface area contributed by atoms with Crippen LogP contribution in [0, 0.1) is 0 Å². The van der Waals surface area contributed by atoms with Crippen LogP contribution in [0.1, 0.15) is 38.3 Å². The summed E-state index contributed by atoms with van der Waals surface area (Å²) in [6.45, 7) is 8.99. The molecule has 2 N–H and O–H groups in total. The van der Waals surface area contributed by atoms with Crippen molar-refractivity contribution in [3.8, 4) is 0 Å². The van der Waals surface area contributed by atoms with Crippen LogP contribution in [-0.2, 0) is 10.2 Å². The second-order valence-electron chi connectivity index (χ2n) is 7.39. The van der Waals surface area contributed by atoms with Crippen LogP contribution in [0.15, 0.2) is 34.9 Å². The van der Waals surface area contributed by atoms with Gasteiger partial charge in [0.1, 0.15) is 6.04 Å². The molecule has 2 heterocycles. The van der Waals surface area contributed by atoms with Gasteiger partial charge in [-0.3, -0.25) is 9.69 Å². The number of carbonyl (C=O) groups is 1. The summed E-state index contributed by atoms with van der Waals surface area (Å²) < 4.78 is 5.37. The van der Waals surface area contributed by atoms with Crippen molar-refractivity contribution < 1.29 is 9.32 Å². The molecule has 25 heavy (non-hydrogen) atoms. The topological polar surface area (TPSA) is 88.5 Å². The van der Waals surface area contributed by atoms with Crippen LogP contribution in [-0.4, -0.2) is 47.1 Å². The van der Waals surface area contributed by atoms with E-state index in [-0.39, 0.29) is 11.3 Å². The zero-order valence-electron chi connectivity index (χ0n) is 15.0. The molecule has 3 rings (SSSR count). The Labute approximate surface area is 147 Å². The zero-order chi connectivity index (χ0) is 18.0. The number of hydrogen-bond donors (Lipinski definition) is 1. The molecule has 1 aromatic carbocycles. The predicted octanol–water partition coefficient (Wildman–Crippen LogP) is 1.72. The van der Waals surface area contributed by atoms with Crippen molar-refractivity contribution in [1.29, 1.82) is 0 Å². The first-order valence-electron chi connectivity index (χ1n) is 8.54. The average Bonchev–Trinajstić information content (AvgIpc) is 3.07. The maximum Gasteiger partial charge on any atom is 0.266 e. The lowest BCUT2D eigenvalue weighted by molar-refractivity contribution is -0.123. The Balaban J connectivity index is 1.68. The Kier molecular flexibility index (Phi) is 4.76. The quantitative estimate of drug-likeness (QED) is 0.909. The third-order valence-corrected chi connectivity index (χ3v) is 4.40. The van der Waals surface area contributed by atoms with Crippen LogP contribution in [0.3, 0.4) is 0 Å². The largest absolute Gasteiger partial charge is 0.368 e. The number of amides is 1. The second kappa shape index (κ2) is 6.84. The molecule has 1 saturated heterocycles. The number of rotatable bonds is 4. The van der Waals surface area contributed by atoms with E-state index in [0.717, 1.165) is 18.7 Å². The first kappa shape index (κ1) is 17.4. The summed E-state index contributed by atoms with van der Waals surface area (Å²) in [6, 6.07) is 9.26. The fourth-order valence-corrected chi connectivity index (χ4v) is 3.02. The van der Waals surface area contributed by atoms with E-state index < -0.39 is 6.04 Å². The molecule has 1 aromatic heterocycles. The highest BCUT2D eigenvalue weighted by molar-refractivity contribution is 5.81. The Hall–Kier alpha value is -2.41. The highest BCUT2D eigenvalue weighted by atomic mass is 16.5. The molecule has 0 radical (unpaired) electrons. The van der Waals surface area contributed by atoms with Crippen molar-refractivity contribution in [3.05, 3.63) is 41.8 Å². The van der Waals surface area contributed by atoms with Gasteiger partial charge in [0.2, 0.25) is 11.8 Å². The monoisotopic (exact) mass is 343 g/mol. The fraction of sp³-hybridized carbons (Fsp3) is 0.500. The molecule has 0 unspecified atom stereocenters. The molecule has 1 atom stereocenters. The lowest BCUT2D eigenvalue weighted by Crippen LogP contribution is -2.50. The van der Waals surface area contributed by atoms with Crippen LogP contribution in [0.4, 0.5) is 5.95 Å². The van der Waals surface area contributed by atoms with Crippen LogP contribution < -0.4 is 10.6 Å². The molecule has 134 valence electrons. The van der Waals surface area contributed by atoms with Gasteiger partial charge in [0.25, 0.3) is 5.95 Å². The number of hydrogen-bond acceptors (Lipinski definition) is 6. The van der Waals surface area contributed by atoms with Crippen molar-refractivity contribution in [2.24, 2.45) is 5.73 Å². The van der Waals surface area contributed by atoms with E-state index in [1.54, 1.807) is 0 Å². The molecule has 0 aliphatic carbocycles. The van der Waals surface area contributed by atoms with Gasteiger partial charge in [-0.15, -0.1) is 0 Å². The number of benzene rings is 1. The van der Waals surface area contributed by atoms with E-state index in [2.05, 4.69) is 19.9 Å². The molecule has 2 aromatic rings. The Morgan fingerprint density at radius 1 is 1.16 bits per heavy atom. The van der Waals surface area contributed by atoms with Gasteiger partial charge in [0.05, 0.1) is 0 Å². The van der Waals surface area contributed by atoms with Gasteiger partial charge in [-0.25, -0.2) is 0 Å². The summed E-state index contributed by atoms with van der Waals surface area (Å²) in [5.41, 5.74) is 6.42. The molecular weight excluding hydrogens is 318 g/mol. The number of nitrogens with two attached hydrogens (primary N) is 1.